The minimum absolute atomic E-state index is 0.443. The lowest BCUT2D eigenvalue weighted by Gasteiger charge is -2.19. The lowest BCUT2D eigenvalue weighted by molar-refractivity contribution is -0.157. The van der Waals surface area contributed by atoms with Gasteiger partial charge in [0, 0.05) is 23.8 Å². The number of esters is 1. The normalized spacial score (nSPS) is 30.9. The van der Waals surface area contributed by atoms with E-state index in [0.29, 0.717) is 0 Å². The maximum atomic E-state index is 11.9. The highest BCUT2D eigenvalue weighted by Crippen LogP contribution is 2.56. The van der Waals surface area contributed by atoms with Gasteiger partial charge in [0.25, 0.3) is 0 Å². The van der Waals surface area contributed by atoms with Gasteiger partial charge < -0.3 is 9.84 Å². The standard InChI is InChI=1S/C13H16BNO3/c1-12(2,3)18-11(16)10-9(13(10,14)17)8-5-4-6-15-7-8/h4-7,9-10,17H,1-3H3. The smallest absolute Gasteiger partial charge is 0.312 e. The van der Waals surface area contributed by atoms with E-state index >= 15 is 0 Å². The Morgan fingerprint density at radius 2 is 2.22 bits per heavy atom. The van der Waals surface area contributed by atoms with Crippen LogP contribution in [0.15, 0.2) is 24.5 Å². The molecule has 3 atom stereocenters. The summed E-state index contributed by atoms with van der Waals surface area (Å²) in [6.45, 7) is 5.34. The summed E-state index contributed by atoms with van der Waals surface area (Å²) in [5.74, 6) is -1.64. The van der Waals surface area contributed by atoms with Crippen LogP contribution in [0.3, 0.4) is 0 Å². The molecular weight excluding hydrogens is 229 g/mol. The van der Waals surface area contributed by atoms with Crippen LogP contribution in [0.1, 0.15) is 32.3 Å². The van der Waals surface area contributed by atoms with Crippen molar-refractivity contribution in [1.29, 1.82) is 0 Å². The molecule has 5 heteroatoms. The molecule has 4 nitrogen and oxygen atoms in total. The first kappa shape index (κ1) is 13.1. The number of pyridine rings is 1. The van der Waals surface area contributed by atoms with Crippen molar-refractivity contribution in [2.75, 3.05) is 0 Å². The molecule has 18 heavy (non-hydrogen) atoms. The molecule has 94 valence electrons. The fraction of sp³-hybridized carbons (Fsp3) is 0.538. The molecule has 0 amide bonds. The first-order valence-electron chi connectivity index (χ1n) is 5.87. The van der Waals surface area contributed by atoms with Crippen molar-refractivity contribution in [2.45, 2.75) is 37.8 Å². The molecule has 1 fully saturated rings. The summed E-state index contributed by atoms with van der Waals surface area (Å²) >= 11 is 0. The predicted molar refractivity (Wildman–Crippen MR) is 67.0 cm³/mol. The average molecular weight is 245 g/mol. The number of aliphatic hydroxyl groups is 1. The van der Waals surface area contributed by atoms with Gasteiger partial charge in [-0.2, -0.15) is 0 Å². The maximum Gasteiger partial charge on any atom is 0.312 e. The van der Waals surface area contributed by atoms with E-state index in [1.807, 2.05) is 0 Å². The molecule has 0 aliphatic heterocycles. The van der Waals surface area contributed by atoms with E-state index in [4.69, 9.17) is 12.6 Å². The molecule has 1 saturated carbocycles. The van der Waals surface area contributed by atoms with E-state index in [1.54, 1.807) is 45.3 Å². The third-order valence-electron chi connectivity index (χ3n) is 2.92. The third kappa shape index (κ3) is 2.41. The van der Waals surface area contributed by atoms with Gasteiger partial charge in [-0.15, -0.1) is 0 Å². The second-order valence-corrected chi connectivity index (χ2v) is 5.66. The van der Waals surface area contributed by atoms with Crippen molar-refractivity contribution < 1.29 is 14.6 Å². The average Bonchev–Trinajstić information content (AvgIpc) is 2.80. The molecule has 1 aromatic heterocycles. The van der Waals surface area contributed by atoms with Crippen molar-refractivity contribution >= 4 is 13.8 Å². The van der Waals surface area contributed by atoms with E-state index < -0.39 is 28.9 Å². The number of hydrogen-bond acceptors (Lipinski definition) is 4. The number of carbonyl (C=O) groups is 1. The van der Waals surface area contributed by atoms with Crippen LogP contribution < -0.4 is 0 Å². The summed E-state index contributed by atoms with van der Waals surface area (Å²) < 4.78 is 5.25. The molecular formula is C13H16BNO3. The summed E-state index contributed by atoms with van der Waals surface area (Å²) in [5, 5.41) is 10.0. The minimum Gasteiger partial charge on any atom is -0.460 e. The van der Waals surface area contributed by atoms with Crippen LogP contribution in [-0.2, 0) is 9.53 Å². The van der Waals surface area contributed by atoms with Gasteiger partial charge in [-0.1, -0.05) is 6.07 Å². The molecule has 0 bridgehead atoms. The van der Waals surface area contributed by atoms with Crippen LogP contribution in [0, 0.1) is 5.92 Å². The lowest BCUT2D eigenvalue weighted by atomic mass is 9.91. The summed E-state index contributed by atoms with van der Waals surface area (Å²) in [6.07, 6.45) is 3.23. The summed E-state index contributed by atoms with van der Waals surface area (Å²) in [6, 6.07) is 3.54. The van der Waals surface area contributed by atoms with Crippen LogP contribution in [0.4, 0.5) is 0 Å². The van der Waals surface area contributed by atoms with E-state index in [2.05, 4.69) is 4.98 Å². The lowest BCUT2D eigenvalue weighted by Crippen LogP contribution is -2.27. The number of nitrogens with zero attached hydrogens (tertiary/aromatic N) is 1. The number of aromatic nitrogens is 1. The van der Waals surface area contributed by atoms with Crippen LogP contribution in [0.2, 0.25) is 0 Å². The molecule has 1 aliphatic carbocycles. The van der Waals surface area contributed by atoms with Gasteiger partial charge in [0.15, 0.2) is 0 Å². The first-order chi connectivity index (χ1) is 8.23. The molecule has 0 saturated heterocycles. The van der Waals surface area contributed by atoms with E-state index in [-0.39, 0.29) is 0 Å². The van der Waals surface area contributed by atoms with Gasteiger partial charge in [-0.3, -0.25) is 9.78 Å². The third-order valence-corrected chi connectivity index (χ3v) is 2.92. The fourth-order valence-electron chi connectivity index (χ4n) is 2.10. The molecule has 0 spiro atoms. The molecule has 1 aliphatic rings. The highest BCUT2D eigenvalue weighted by molar-refractivity contribution is 6.20. The van der Waals surface area contributed by atoms with E-state index in [9.17, 15) is 9.90 Å². The Bertz CT molecular complexity index is 453. The van der Waals surface area contributed by atoms with Gasteiger partial charge in [0.05, 0.1) is 5.92 Å². The zero-order chi connectivity index (χ0) is 13.6. The van der Waals surface area contributed by atoms with Crippen LogP contribution in [0.25, 0.3) is 0 Å². The molecule has 0 aromatic carbocycles. The first-order valence-corrected chi connectivity index (χ1v) is 5.87. The highest BCUT2D eigenvalue weighted by atomic mass is 16.6. The van der Waals surface area contributed by atoms with Gasteiger partial charge in [-0.25, -0.2) is 0 Å². The van der Waals surface area contributed by atoms with Gasteiger partial charge >= 0.3 is 5.97 Å². The highest BCUT2D eigenvalue weighted by Gasteiger charge is 2.65. The Kier molecular flexibility index (Phi) is 2.97. The Morgan fingerprint density at radius 1 is 1.56 bits per heavy atom. The van der Waals surface area contributed by atoms with Crippen molar-refractivity contribution in [3.05, 3.63) is 30.1 Å². The second-order valence-electron chi connectivity index (χ2n) is 5.66. The van der Waals surface area contributed by atoms with Crippen molar-refractivity contribution in [2.24, 2.45) is 5.92 Å². The van der Waals surface area contributed by atoms with Crippen molar-refractivity contribution in [3.63, 3.8) is 0 Å². The summed E-state index contributed by atoms with van der Waals surface area (Å²) in [4.78, 5) is 15.9. The van der Waals surface area contributed by atoms with Crippen LogP contribution >= 0.6 is 0 Å². The fourth-order valence-corrected chi connectivity index (χ4v) is 2.10. The maximum absolute atomic E-state index is 11.9. The number of hydrogen-bond donors (Lipinski definition) is 1. The minimum atomic E-state index is -1.54. The van der Waals surface area contributed by atoms with Crippen molar-refractivity contribution in [3.8, 4) is 0 Å². The zero-order valence-electron chi connectivity index (χ0n) is 10.8. The molecule has 1 aromatic rings. The summed E-state index contributed by atoms with van der Waals surface area (Å²) in [5.41, 5.74) is -1.38. The Hall–Kier alpha value is -1.36. The van der Waals surface area contributed by atoms with Crippen LogP contribution in [-0.4, -0.2) is 35.0 Å². The van der Waals surface area contributed by atoms with E-state index in [1.165, 1.54) is 0 Å². The van der Waals surface area contributed by atoms with Gasteiger partial charge in [0.1, 0.15) is 13.4 Å². The number of carbonyl (C=O) groups excluding carboxylic acids is 1. The second kappa shape index (κ2) is 4.09. The Labute approximate surface area is 108 Å². The SMILES string of the molecule is [B]C1(O)C(C(=O)OC(C)(C)C)C1c1cccnc1. The quantitative estimate of drug-likeness (QED) is 0.623. The largest absolute Gasteiger partial charge is 0.460 e. The molecule has 3 unspecified atom stereocenters. The molecule has 1 heterocycles. The molecule has 1 N–H and O–H groups in total. The topological polar surface area (TPSA) is 59.4 Å². The monoisotopic (exact) mass is 245 g/mol. The molecule has 2 rings (SSSR count). The number of ether oxygens (including phenoxy) is 1. The van der Waals surface area contributed by atoms with E-state index in [0.717, 1.165) is 5.56 Å². The van der Waals surface area contributed by atoms with Gasteiger partial charge in [0.2, 0.25) is 0 Å². The zero-order valence-corrected chi connectivity index (χ0v) is 10.8. The molecule has 2 radical (unpaired) electrons. The Balaban J connectivity index is 2.15. The Morgan fingerprint density at radius 3 is 2.72 bits per heavy atom. The predicted octanol–water partition coefficient (Wildman–Crippen LogP) is 0.994. The van der Waals surface area contributed by atoms with Gasteiger partial charge in [-0.05, 0) is 32.4 Å². The van der Waals surface area contributed by atoms with Crippen LogP contribution in [0.5, 0.6) is 0 Å². The number of rotatable bonds is 2. The summed E-state index contributed by atoms with van der Waals surface area (Å²) in [7, 11) is 5.73. The van der Waals surface area contributed by atoms with Crippen molar-refractivity contribution in [1.82, 2.24) is 4.98 Å².